The van der Waals surface area contributed by atoms with E-state index >= 15 is 0 Å². The molecule has 1 aliphatic rings. The highest BCUT2D eigenvalue weighted by atomic mass is 16.5. The van der Waals surface area contributed by atoms with E-state index in [0.717, 1.165) is 45.0 Å². The average molecular weight is 556 g/mol. The van der Waals surface area contributed by atoms with Crippen molar-refractivity contribution in [2.24, 2.45) is 0 Å². The van der Waals surface area contributed by atoms with Crippen molar-refractivity contribution in [3.05, 3.63) is 90.0 Å². The maximum atomic E-state index is 6.08. The van der Waals surface area contributed by atoms with Gasteiger partial charge in [0, 0.05) is 56.7 Å². The van der Waals surface area contributed by atoms with Gasteiger partial charge in [0.2, 0.25) is 0 Å². The molecule has 1 saturated heterocycles. The molecule has 4 rings (SSSR count). The van der Waals surface area contributed by atoms with Gasteiger partial charge in [0.25, 0.3) is 0 Å². The van der Waals surface area contributed by atoms with Crippen LogP contribution in [0.3, 0.4) is 0 Å². The summed E-state index contributed by atoms with van der Waals surface area (Å²) in [7, 11) is 0. The van der Waals surface area contributed by atoms with E-state index in [-0.39, 0.29) is 0 Å². The Hall–Kier alpha value is -2.98. The number of nitrogens with zero attached hydrogens (tertiary/aromatic N) is 3. The summed E-state index contributed by atoms with van der Waals surface area (Å²) in [5.74, 6) is 0.943. The number of piperidine rings is 1. The molecule has 0 aliphatic carbocycles. The van der Waals surface area contributed by atoms with Crippen LogP contribution in [0.25, 0.3) is 0 Å². The molecule has 3 aromatic rings. The number of hydrogen-bond acceptors (Lipinski definition) is 4. The summed E-state index contributed by atoms with van der Waals surface area (Å²) >= 11 is 0. The van der Waals surface area contributed by atoms with Gasteiger partial charge < -0.3 is 14.5 Å². The van der Waals surface area contributed by atoms with Gasteiger partial charge in [-0.2, -0.15) is 0 Å². The highest BCUT2D eigenvalue weighted by Gasteiger charge is 2.25. The minimum absolute atomic E-state index is 0.600. The average Bonchev–Trinajstić information content (AvgIpc) is 3.02. The van der Waals surface area contributed by atoms with Gasteiger partial charge in [0.05, 0.1) is 0 Å². The standard InChI is InChI=1S/C37H53N3O/c1-4-7-8-9-10-14-27-40(35-21-23-37(24-22-35)41-31-33-15-12-11-13-16-33)36-25-28-38(29-26-36)30-32-17-19-34(20-18-32)39(5-2)6-3/h11-13,15-24,36H,4-10,14,25-31H2,1-3H3. The van der Waals surface area contributed by atoms with Gasteiger partial charge in [-0.25, -0.2) is 0 Å². The van der Waals surface area contributed by atoms with Gasteiger partial charge >= 0.3 is 0 Å². The molecule has 0 N–H and O–H groups in total. The summed E-state index contributed by atoms with van der Waals surface area (Å²) in [4.78, 5) is 7.76. The molecule has 1 fully saturated rings. The monoisotopic (exact) mass is 555 g/mol. The summed E-state index contributed by atoms with van der Waals surface area (Å²) in [6, 6.07) is 29.1. The van der Waals surface area contributed by atoms with E-state index < -0.39 is 0 Å². The third kappa shape index (κ3) is 9.81. The lowest BCUT2D eigenvalue weighted by molar-refractivity contribution is 0.201. The van der Waals surface area contributed by atoms with Gasteiger partial charge in [-0.1, -0.05) is 81.5 Å². The van der Waals surface area contributed by atoms with Crippen molar-refractivity contribution >= 4 is 11.4 Å². The predicted molar refractivity (Wildman–Crippen MR) is 176 cm³/mol. The van der Waals surface area contributed by atoms with Crippen LogP contribution in [-0.4, -0.2) is 43.7 Å². The Labute approximate surface area is 250 Å². The molecule has 1 heterocycles. The SMILES string of the molecule is CCCCCCCCN(c1ccc(OCc2ccccc2)cc1)C1CCN(Cc2ccc(N(CC)CC)cc2)CC1. The largest absolute Gasteiger partial charge is 0.489 e. The lowest BCUT2D eigenvalue weighted by Gasteiger charge is -2.40. The first-order chi connectivity index (χ1) is 20.2. The van der Waals surface area contributed by atoms with Crippen LogP contribution < -0.4 is 14.5 Å². The van der Waals surface area contributed by atoms with Crippen molar-refractivity contribution in [2.75, 3.05) is 42.5 Å². The minimum atomic E-state index is 0.600. The van der Waals surface area contributed by atoms with E-state index in [1.807, 2.05) is 6.07 Å². The number of hydrogen-bond donors (Lipinski definition) is 0. The fourth-order valence-corrected chi connectivity index (χ4v) is 6.11. The topological polar surface area (TPSA) is 19.0 Å². The van der Waals surface area contributed by atoms with Crippen molar-refractivity contribution in [1.29, 1.82) is 0 Å². The van der Waals surface area contributed by atoms with Crippen LogP contribution >= 0.6 is 0 Å². The van der Waals surface area contributed by atoms with Crippen LogP contribution in [0.2, 0.25) is 0 Å². The molecular weight excluding hydrogens is 502 g/mol. The molecule has 4 heteroatoms. The lowest BCUT2D eigenvalue weighted by Crippen LogP contribution is -2.45. The summed E-state index contributed by atoms with van der Waals surface area (Å²) in [6.45, 7) is 14.0. The Balaban J connectivity index is 1.33. The van der Waals surface area contributed by atoms with E-state index in [4.69, 9.17) is 4.74 Å². The molecular formula is C37H53N3O. The Morgan fingerprint density at radius 3 is 1.98 bits per heavy atom. The van der Waals surface area contributed by atoms with E-state index in [1.165, 1.54) is 73.9 Å². The molecule has 3 aromatic carbocycles. The number of rotatable bonds is 17. The zero-order valence-electron chi connectivity index (χ0n) is 25.9. The molecule has 0 radical (unpaired) electrons. The summed E-state index contributed by atoms with van der Waals surface area (Å²) < 4.78 is 6.08. The van der Waals surface area contributed by atoms with Crippen molar-refractivity contribution in [3.63, 3.8) is 0 Å². The fourth-order valence-electron chi connectivity index (χ4n) is 6.11. The van der Waals surface area contributed by atoms with Gasteiger partial charge in [-0.05, 0) is 80.6 Å². The molecule has 0 amide bonds. The Bertz CT molecular complexity index is 1090. The Morgan fingerprint density at radius 2 is 1.32 bits per heavy atom. The van der Waals surface area contributed by atoms with Crippen molar-refractivity contribution in [1.82, 2.24) is 4.90 Å². The Kier molecular flexibility index (Phi) is 12.9. The number of ether oxygens (including phenoxy) is 1. The third-order valence-corrected chi connectivity index (χ3v) is 8.64. The number of likely N-dealkylation sites (tertiary alicyclic amines) is 1. The summed E-state index contributed by atoms with van der Waals surface area (Å²) in [5.41, 5.74) is 5.30. The van der Waals surface area contributed by atoms with Gasteiger partial charge in [-0.15, -0.1) is 0 Å². The zero-order chi connectivity index (χ0) is 28.7. The second kappa shape index (κ2) is 17.1. The highest BCUT2D eigenvalue weighted by Crippen LogP contribution is 2.28. The van der Waals surface area contributed by atoms with Gasteiger partial charge in [0.1, 0.15) is 12.4 Å². The zero-order valence-corrected chi connectivity index (χ0v) is 25.9. The molecule has 41 heavy (non-hydrogen) atoms. The molecule has 0 saturated carbocycles. The van der Waals surface area contributed by atoms with Gasteiger partial charge in [-0.3, -0.25) is 4.90 Å². The smallest absolute Gasteiger partial charge is 0.119 e. The summed E-state index contributed by atoms with van der Waals surface area (Å²) in [5, 5.41) is 0. The second-order valence-electron chi connectivity index (χ2n) is 11.6. The molecule has 0 aromatic heterocycles. The molecule has 1 aliphatic heterocycles. The van der Waals surface area contributed by atoms with E-state index in [0.29, 0.717) is 12.6 Å². The third-order valence-electron chi connectivity index (χ3n) is 8.64. The number of unbranched alkanes of at least 4 members (excludes halogenated alkanes) is 5. The van der Waals surface area contributed by atoms with Crippen molar-refractivity contribution in [3.8, 4) is 5.75 Å². The maximum Gasteiger partial charge on any atom is 0.119 e. The second-order valence-corrected chi connectivity index (χ2v) is 11.6. The quantitative estimate of drug-likeness (QED) is 0.155. The van der Waals surface area contributed by atoms with Crippen molar-refractivity contribution in [2.45, 2.75) is 91.3 Å². The van der Waals surface area contributed by atoms with Gasteiger partial charge in [0.15, 0.2) is 0 Å². The fraction of sp³-hybridized carbons (Fsp3) is 0.514. The van der Waals surface area contributed by atoms with E-state index in [2.05, 4.69) is 108 Å². The van der Waals surface area contributed by atoms with Crippen molar-refractivity contribution < 1.29 is 4.74 Å². The first-order valence-electron chi connectivity index (χ1n) is 16.3. The number of anilines is 2. The highest BCUT2D eigenvalue weighted by molar-refractivity contribution is 5.50. The molecule has 0 spiro atoms. The van der Waals surface area contributed by atoms with Crippen LogP contribution in [0.4, 0.5) is 11.4 Å². The normalized spacial score (nSPS) is 14.2. The van der Waals surface area contributed by atoms with Crippen LogP contribution in [0, 0.1) is 0 Å². The molecule has 0 unspecified atom stereocenters. The molecule has 4 nitrogen and oxygen atoms in total. The first kappa shape index (κ1) is 31.0. The minimum Gasteiger partial charge on any atom is -0.489 e. The Morgan fingerprint density at radius 1 is 0.683 bits per heavy atom. The number of benzene rings is 3. The molecule has 0 atom stereocenters. The summed E-state index contributed by atoms with van der Waals surface area (Å²) in [6.07, 6.45) is 10.5. The van der Waals surface area contributed by atoms with E-state index in [1.54, 1.807) is 0 Å². The lowest BCUT2D eigenvalue weighted by atomic mass is 10.0. The first-order valence-corrected chi connectivity index (χ1v) is 16.3. The van der Waals surface area contributed by atoms with Crippen LogP contribution in [0.15, 0.2) is 78.9 Å². The van der Waals surface area contributed by atoms with Crippen LogP contribution in [0.5, 0.6) is 5.75 Å². The predicted octanol–water partition coefficient (Wildman–Crippen LogP) is 8.94. The molecule has 0 bridgehead atoms. The van der Waals surface area contributed by atoms with Crippen LogP contribution in [-0.2, 0) is 13.2 Å². The van der Waals surface area contributed by atoms with Crippen LogP contribution in [0.1, 0.15) is 83.3 Å². The maximum absolute atomic E-state index is 6.08. The molecule has 222 valence electrons. The van der Waals surface area contributed by atoms with E-state index in [9.17, 15) is 0 Å².